The standard InChI is InChI=1S/C15H21O2P/c1-5-7-8-10-14-12-11-13(3)17-18(4,16)15(14)9-6-2/h8,10,13,16,18H,6,9H2,1-4H3/b10-8-. The molecule has 0 aromatic carbocycles. The van der Waals surface area contributed by atoms with E-state index < -0.39 is 7.72 Å². The number of allylic oxidation sites excluding steroid dienone is 4. The van der Waals surface area contributed by atoms with Gasteiger partial charge in [0.05, 0.1) is 0 Å². The first kappa shape index (κ1) is 15.0. The molecule has 0 amide bonds. The van der Waals surface area contributed by atoms with Gasteiger partial charge in [-0.15, -0.1) is 0 Å². The van der Waals surface area contributed by atoms with Crippen LogP contribution in [0.1, 0.15) is 33.6 Å². The second-order valence-electron chi connectivity index (χ2n) is 4.38. The quantitative estimate of drug-likeness (QED) is 0.626. The van der Waals surface area contributed by atoms with E-state index in [2.05, 4.69) is 30.6 Å². The first-order valence-electron chi connectivity index (χ1n) is 6.25. The fraction of sp³-hybridized carbons (Fsp3) is 0.467. The molecule has 0 radical (unpaired) electrons. The summed E-state index contributed by atoms with van der Waals surface area (Å²) in [6.07, 6.45) is 5.23. The fourth-order valence-electron chi connectivity index (χ4n) is 1.92. The van der Waals surface area contributed by atoms with E-state index in [1.807, 2.05) is 19.7 Å². The Balaban J connectivity index is 3.23. The molecule has 0 aliphatic carbocycles. The number of hydrogen-bond donors (Lipinski definition) is 1. The van der Waals surface area contributed by atoms with Crippen molar-refractivity contribution in [2.24, 2.45) is 0 Å². The molecule has 3 heteroatoms. The van der Waals surface area contributed by atoms with Crippen molar-refractivity contribution in [3.05, 3.63) is 23.0 Å². The fourth-order valence-corrected chi connectivity index (χ4v) is 4.17. The van der Waals surface area contributed by atoms with Gasteiger partial charge in [0.15, 0.2) is 0 Å². The average Bonchev–Trinajstić information content (AvgIpc) is 2.39. The van der Waals surface area contributed by atoms with Crippen molar-refractivity contribution in [1.29, 1.82) is 0 Å². The Bertz CT molecular complexity index is 478. The molecule has 1 rings (SSSR count). The number of rotatable bonds is 3. The molecule has 2 nitrogen and oxygen atoms in total. The van der Waals surface area contributed by atoms with Gasteiger partial charge in [-0.05, 0) is 0 Å². The van der Waals surface area contributed by atoms with Crippen molar-refractivity contribution in [3.63, 3.8) is 0 Å². The Hall–Kier alpha value is -1.05. The zero-order valence-corrected chi connectivity index (χ0v) is 12.5. The molecule has 0 spiro atoms. The summed E-state index contributed by atoms with van der Waals surface area (Å²) in [4.78, 5) is 10.6. The monoisotopic (exact) mass is 264 g/mol. The Morgan fingerprint density at radius 2 is 2.28 bits per heavy atom. The molecule has 0 aromatic rings. The molecule has 1 atom stereocenters. The van der Waals surface area contributed by atoms with Crippen molar-refractivity contribution in [3.8, 4) is 23.7 Å². The predicted octanol–water partition coefficient (Wildman–Crippen LogP) is 3.24. The molecule has 0 saturated carbocycles. The van der Waals surface area contributed by atoms with Crippen LogP contribution in [-0.4, -0.2) is 17.7 Å². The van der Waals surface area contributed by atoms with E-state index in [0.717, 1.165) is 23.7 Å². The average molecular weight is 264 g/mol. The van der Waals surface area contributed by atoms with Crippen LogP contribution >= 0.6 is 7.72 Å². The molecule has 18 heavy (non-hydrogen) atoms. The van der Waals surface area contributed by atoms with E-state index in [0.29, 0.717) is 0 Å². The molecule has 1 aliphatic rings. The maximum atomic E-state index is 10.6. The summed E-state index contributed by atoms with van der Waals surface area (Å²) in [7, 11) is -2.82. The van der Waals surface area contributed by atoms with E-state index >= 15 is 0 Å². The zero-order valence-electron chi connectivity index (χ0n) is 11.5. The minimum atomic E-state index is -2.82. The summed E-state index contributed by atoms with van der Waals surface area (Å²) in [5, 5.41) is 0.969. The first-order valence-corrected chi connectivity index (χ1v) is 8.61. The van der Waals surface area contributed by atoms with Crippen LogP contribution in [0.2, 0.25) is 0 Å². The van der Waals surface area contributed by atoms with Gasteiger partial charge in [0, 0.05) is 0 Å². The summed E-state index contributed by atoms with van der Waals surface area (Å²) < 4.78 is 5.69. The van der Waals surface area contributed by atoms with Gasteiger partial charge >= 0.3 is 110 Å². The van der Waals surface area contributed by atoms with Crippen LogP contribution < -0.4 is 0 Å². The van der Waals surface area contributed by atoms with Gasteiger partial charge in [0.2, 0.25) is 0 Å². The SMILES string of the molecule is CC#C/C=C\C1=C(CCC)[PH](C)(O)OC(C)C#C1. The van der Waals surface area contributed by atoms with Crippen LogP contribution in [0, 0.1) is 23.7 Å². The summed E-state index contributed by atoms with van der Waals surface area (Å²) >= 11 is 0. The van der Waals surface area contributed by atoms with E-state index in [4.69, 9.17) is 4.52 Å². The van der Waals surface area contributed by atoms with E-state index in [1.165, 1.54) is 0 Å². The van der Waals surface area contributed by atoms with Crippen molar-refractivity contribution in [2.45, 2.75) is 39.7 Å². The first-order chi connectivity index (χ1) is 8.51. The predicted molar refractivity (Wildman–Crippen MR) is 79.3 cm³/mol. The molecule has 0 bridgehead atoms. The molecule has 0 fully saturated rings. The Kier molecular flexibility index (Phi) is 5.64. The summed E-state index contributed by atoms with van der Waals surface area (Å²) in [5.74, 6) is 11.8. The third kappa shape index (κ3) is 4.01. The maximum absolute atomic E-state index is 10.6. The van der Waals surface area contributed by atoms with Crippen molar-refractivity contribution < 1.29 is 9.42 Å². The normalized spacial score (nSPS) is 23.7. The summed E-state index contributed by atoms with van der Waals surface area (Å²) in [5.41, 5.74) is 0.876. The Labute approximate surface area is 111 Å². The van der Waals surface area contributed by atoms with E-state index in [1.54, 1.807) is 13.0 Å². The third-order valence-electron chi connectivity index (χ3n) is 2.68. The van der Waals surface area contributed by atoms with Gasteiger partial charge < -0.3 is 0 Å². The third-order valence-corrected chi connectivity index (χ3v) is 5.13. The van der Waals surface area contributed by atoms with Gasteiger partial charge in [0.25, 0.3) is 0 Å². The van der Waals surface area contributed by atoms with Crippen LogP contribution in [0.3, 0.4) is 0 Å². The molecule has 98 valence electrons. The molecule has 1 heterocycles. The van der Waals surface area contributed by atoms with Gasteiger partial charge in [-0.3, -0.25) is 0 Å². The molecule has 0 saturated heterocycles. The second-order valence-corrected chi connectivity index (χ2v) is 7.19. The van der Waals surface area contributed by atoms with Gasteiger partial charge in [-0.1, -0.05) is 0 Å². The molecule has 1 aliphatic heterocycles. The Morgan fingerprint density at radius 1 is 1.56 bits per heavy atom. The van der Waals surface area contributed by atoms with Crippen molar-refractivity contribution in [1.82, 2.24) is 0 Å². The van der Waals surface area contributed by atoms with E-state index in [9.17, 15) is 4.89 Å². The van der Waals surface area contributed by atoms with Crippen molar-refractivity contribution >= 4 is 7.72 Å². The zero-order chi connectivity index (χ0) is 13.6. The molecule has 0 aromatic heterocycles. The van der Waals surface area contributed by atoms with Gasteiger partial charge in [-0.25, -0.2) is 0 Å². The molecule has 1 unspecified atom stereocenters. The summed E-state index contributed by atoms with van der Waals surface area (Å²) in [6.45, 7) is 7.56. The van der Waals surface area contributed by atoms with Crippen LogP contribution in [0.5, 0.6) is 0 Å². The van der Waals surface area contributed by atoms with Crippen LogP contribution in [0.15, 0.2) is 23.0 Å². The van der Waals surface area contributed by atoms with Gasteiger partial charge in [-0.2, -0.15) is 0 Å². The molecular weight excluding hydrogens is 243 g/mol. The topological polar surface area (TPSA) is 29.5 Å². The van der Waals surface area contributed by atoms with Crippen LogP contribution in [0.4, 0.5) is 0 Å². The second kappa shape index (κ2) is 6.77. The van der Waals surface area contributed by atoms with Crippen LogP contribution in [-0.2, 0) is 4.52 Å². The Morgan fingerprint density at radius 3 is 2.89 bits per heavy atom. The number of hydrogen-bond acceptors (Lipinski definition) is 2. The summed E-state index contributed by atoms with van der Waals surface area (Å²) in [6, 6.07) is 0. The molecular formula is C15H21O2P. The van der Waals surface area contributed by atoms with Crippen LogP contribution in [0.25, 0.3) is 0 Å². The molecule has 1 N–H and O–H groups in total. The van der Waals surface area contributed by atoms with Gasteiger partial charge in [0.1, 0.15) is 0 Å². The van der Waals surface area contributed by atoms with E-state index in [-0.39, 0.29) is 6.10 Å². The van der Waals surface area contributed by atoms with Crippen molar-refractivity contribution in [2.75, 3.05) is 6.66 Å². The minimum absolute atomic E-state index is 0.221.